The normalized spacial score (nSPS) is 13.0. The van der Waals surface area contributed by atoms with Crippen molar-refractivity contribution in [3.8, 4) is 0 Å². The van der Waals surface area contributed by atoms with E-state index >= 15 is 0 Å². The molecule has 1 atom stereocenters. The summed E-state index contributed by atoms with van der Waals surface area (Å²) >= 11 is 0. The van der Waals surface area contributed by atoms with Gasteiger partial charge in [0, 0.05) is 23.8 Å². The number of hydrogen-bond acceptors (Lipinski definition) is 2. The quantitative estimate of drug-likeness (QED) is 0.778. The largest absolute Gasteiger partial charge is 0.389 e. The second kappa shape index (κ2) is 7.79. The summed E-state index contributed by atoms with van der Waals surface area (Å²) in [5.74, 6) is 0.265. The van der Waals surface area contributed by atoms with E-state index in [-0.39, 0.29) is 5.82 Å². The van der Waals surface area contributed by atoms with Crippen LogP contribution in [0.1, 0.15) is 64.7 Å². The fourth-order valence-corrected chi connectivity index (χ4v) is 2.83. The number of rotatable bonds is 7. The van der Waals surface area contributed by atoms with Gasteiger partial charge in [-0.25, -0.2) is 4.39 Å². The molecule has 1 N–H and O–H groups in total. The number of hydrogen-bond donors (Lipinski definition) is 1. The summed E-state index contributed by atoms with van der Waals surface area (Å²) in [4.78, 5) is 2.35. The fourth-order valence-electron chi connectivity index (χ4n) is 2.83. The molecule has 0 bridgehead atoms. The molecule has 0 fully saturated rings. The van der Waals surface area contributed by atoms with E-state index in [0.717, 1.165) is 25.1 Å². The zero-order valence-corrected chi connectivity index (χ0v) is 14.3. The average molecular weight is 295 g/mol. The molecule has 0 aromatic heterocycles. The first-order valence-electron chi connectivity index (χ1n) is 8.06. The Kier molecular flexibility index (Phi) is 6.66. The monoisotopic (exact) mass is 295 g/mol. The van der Waals surface area contributed by atoms with Crippen molar-refractivity contribution >= 4 is 5.69 Å². The lowest BCUT2D eigenvalue weighted by molar-refractivity contribution is 0.199. The molecule has 3 heteroatoms. The van der Waals surface area contributed by atoms with Gasteiger partial charge in [0.25, 0.3) is 0 Å². The fraction of sp³-hybridized carbons (Fsp3) is 0.667. The molecule has 0 heterocycles. The number of anilines is 1. The number of halogens is 1. The minimum atomic E-state index is -0.667. The zero-order valence-electron chi connectivity index (χ0n) is 14.3. The standard InChI is InChI=1S/C18H30FNO/c1-7-15(8-2)20(11-12(3)4)18-9-13(5)17(19)10-16(18)14(6)21/h9-10,12,14-15,21H,7-8,11H2,1-6H3/t14-/m0/s1. The minimum absolute atomic E-state index is 0.247. The van der Waals surface area contributed by atoms with Crippen molar-refractivity contribution < 1.29 is 9.50 Å². The molecule has 0 saturated heterocycles. The van der Waals surface area contributed by atoms with E-state index in [1.807, 2.05) is 6.07 Å². The Morgan fingerprint density at radius 3 is 2.14 bits per heavy atom. The van der Waals surface area contributed by atoms with Gasteiger partial charge in [-0.3, -0.25) is 0 Å². The second-order valence-electron chi connectivity index (χ2n) is 6.35. The number of aliphatic hydroxyl groups is 1. The van der Waals surface area contributed by atoms with Gasteiger partial charge >= 0.3 is 0 Å². The first-order chi connectivity index (χ1) is 9.81. The maximum Gasteiger partial charge on any atom is 0.126 e. The highest BCUT2D eigenvalue weighted by molar-refractivity contribution is 5.57. The van der Waals surface area contributed by atoms with E-state index in [9.17, 15) is 9.50 Å². The average Bonchev–Trinajstić information content (AvgIpc) is 2.41. The molecule has 0 aliphatic rings. The van der Waals surface area contributed by atoms with Gasteiger partial charge < -0.3 is 10.0 Å². The minimum Gasteiger partial charge on any atom is -0.389 e. The Bertz CT molecular complexity index is 453. The van der Waals surface area contributed by atoms with E-state index < -0.39 is 6.10 Å². The highest BCUT2D eigenvalue weighted by atomic mass is 19.1. The van der Waals surface area contributed by atoms with Crippen LogP contribution in [0.25, 0.3) is 0 Å². The maximum absolute atomic E-state index is 13.9. The van der Waals surface area contributed by atoms with Gasteiger partial charge in [-0.05, 0) is 50.3 Å². The van der Waals surface area contributed by atoms with Crippen LogP contribution < -0.4 is 4.90 Å². The molecule has 0 aliphatic heterocycles. The van der Waals surface area contributed by atoms with Gasteiger partial charge in [0.1, 0.15) is 5.82 Å². The highest BCUT2D eigenvalue weighted by Gasteiger charge is 2.22. The van der Waals surface area contributed by atoms with Crippen LogP contribution in [0.3, 0.4) is 0 Å². The third-order valence-corrected chi connectivity index (χ3v) is 4.01. The lowest BCUT2D eigenvalue weighted by atomic mass is 9.99. The van der Waals surface area contributed by atoms with Crippen molar-refractivity contribution in [3.05, 3.63) is 29.1 Å². The van der Waals surface area contributed by atoms with Crippen LogP contribution in [0.2, 0.25) is 0 Å². The summed E-state index contributed by atoms with van der Waals surface area (Å²) in [6.45, 7) is 13.1. The van der Waals surface area contributed by atoms with E-state index in [1.54, 1.807) is 13.8 Å². The summed E-state index contributed by atoms with van der Waals surface area (Å²) in [6, 6.07) is 3.79. The predicted molar refractivity (Wildman–Crippen MR) is 88.3 cm³/mol. The molecule has 21 heavy (non-hydrogen) atoms. The van der Waals surface area contributed by atoms with Gasteiger partial charge in [-0.1, -0.05) is 27.7 Å². The van der Waals surface area contributed by atoms with Gasteiger partial charge in [0.05, 0.1) is 6.10 Å². The topological polar surface area (TPSA) is 23.5 Å². The highest BCUT2D eigenvalue weighted by Crippen LogP contribution is 2.32. The van der Waals surface area contributed by atoms with Gasteiger partial charge in [0.2, 0.25) is 0 Å². The Balaban J connectivity index is 3.37. The smallest absolute Gasteiger partial charge is 0.126 e. The molecule has 2 nitrogen and oxygen atoms in total. The maximum atomic E-state index is 13.9. The summed E-state index contributed by atoms with van der Waals surface area (Å²) in [7, 11) is 0. The molecule has 0 amide bonds. The van der Waals surface area contributed by atoms with E-state index in [0.29, 0.717) is 23.1 Å². The number of nitrogens with zero attached hydrogens (tertiary/aromatic N) is 1. The van der Waals surface area contributed by atoms with E-state index in [1.165, 1.54) is 6.07 Å². The van der Waals surface area contributed by atoms with Crippen LogP contribution >= 0.6 is 0 Å². The first-order valence-corrected chi connectivity index (χ1v) is 8.06. The summed E-state index contributed by atoms with van der Waals surface area (Å²) in [5, 5.41) is 10.0. The van der Waals surface area contributed by atoms with Crippen molar-refractivity contribution in [1.29, 1.82) is 0 Å². The third kappa shape index (κ3) is 4.44. The molecule has 1 aromatic rings. The lowest BCUT2D eigenvalue weighted by Crippen LogP contribution is -2.38. The van der Waals surface area contributed by atoms with Crippen LogP contribution in [-0.4, -0.2) is 17.7 Å². The van der Waals surface area contributed by atoms with Crippen LogP contribution in [0.15, 0.2) is 12.1 Å². The molecule has 0 unspecified atom stereocenters. The number of aliphatic hydroxyl groups excluding tert-OH is 1. The molecule has 1 rings (SSSR count). The zero-order chi connectivity index (χ0) is 16.2. The summed E-state index contributed by atoms with van der Waals surface area (Å²) < 4.78 is 13.9. The van der Waals surface area contributed by atoms with E-state index in [2.05, 4.69) is 32.6 Å². The molecule has 120 valence electrons. The predicted octanol–water partition coefficient (Wildman–Crippen LogP) is 4.84. The van der Waals surface area contributed by atoms with Crippen molar-refractivity contribution in [2.75, 3.05) is 11.4 Å². The van der Waals surface area contributed by atoms with Crippen LogP contribution in [-0.2, 0) is 0 Å². The Hall–Kier alpha value is -1.09. The van der Waals surface area contributed by atoms with Gasteiger partial charge in [-0.2, -0.15) is 0 Å². The molecule has 0 saturated carbocycles. The molecular weight excluding hydrogens is 265 g/mol. The van der Waals surface area contributed by atoms with Gasteiger partial charge in [-0.15, -0.1) is 0 Å². The van der Waals surface area contributed by atoms with Crippen LogP contribution in [0.4, 0.5) is 10.1 Å². The SMILES string of the molecule is CCC(CC)N(CC(C)C)c1cc(C)c(F)cc1[C@H](C)O. The Morgan fingerprint density at radius 1 is 1.14 bits per heavy atom. The Labute approximate surface area is 129 Å². The second-order valence-corrected chi connectivity index (χ2v) is 6.35. The first kappa shape index (κ1) is 18.0. The van der Waals surface area contributed by atoms with Crippen molar-refractivity contribution in [3.63, 3.8) is 0 Å². The molecule has 0 spiro atoms. The molecule has 0 radical (unpaired) electrons. The lowest BCUT2D eigenvalue weighted by Gasteiger charge is -2.36. The van der Waals surface area contributed by atoms with Crippen LogP contribution in [0, 0.1) is 18.7 Å². The third-order valence-electron chi connectivity index (χ3n) is 4.01. The molecule has 1 aromatic carbocycles. The number of benzene rings is 1. The van der Waals surface area contributed by atoms with Crippen molar-refractivity contribution in [2.24, 2.45) is 5.92 Å². The van der Waals surface area contributed by atoms with Gasteiger partial charge in [0.15, 0.2) is 0 Å². The Morgan fingerprint density at radius 2 is 1.71 bits per heavy atom. The summed E-state index contributed by atoms with van der Waals surface area (Å²) in [6.07, 6.45) is 1.41. The number of aryl methyl sites for hydroxylation is 1. The van der Waals surface area contributed by atoms with Crippen molar-refractivity contribution in [2.45, 2.75) is 66.5 Å². The van der Waals surface area contributed by atoms with Crippen molar-refractivity contribution in [1.82, 2.24) is 0 Å². The molecular formula is C18H30FNO. The van der Waals surface area contributed by atoms with Crippen LogP contribution in [0.5, 0.6) is 0 Å². The summed E-state index contributed by atoms with van der Waals surface area (Å²) in [5.41, 5.74) is 2.30. The molecule has 0 aliphatic carbocycles. The van der Waals surface area contributed by atoms with E-state index in [4.69, 9.17) is 0 Å².